The highest BCUT2D eigenvalue weighted by Crippen LogP contribution is 2.13. The summed E-state index contributed by atoms with van der Waals surface area (Å²) in [6, 6.07) is 13.1. The first kappa shape index (κ1) is 13.6. The van der Waals surface area contributed by atoms with E-state index in [9.17, 15) is 4.79 Å². The molecular weight excluding hydrogens is 256 g/mol. The predicted octanol–water partition coefficient (Wildman–Crippen LogP) is 4.85. The number of benzene rings is 2. The molecule has 0 radical (unpaired) electrons. The van der Waals surface area contributed by atoms with Gasteiger partial charge in [0.05, 0.1) is 0 Å². The topological polar surface area (TPSA) is 17.1 Å². The number of halogens is 1. The molecule has 0 spiro atoms. The molecule has 2 heteroatoms. The minimum absolute atomic E-state index is 0.0121. The summed E-state index contributed by atoms with van der Waals surface area (Å²) >= 11 is 5.81. The lowest BCUT2D eigenvalue weighted by atomic mass is 10.0. The average molecular weight is 271 g/mol. The van der Waals surface area contributed by atoms with Crippen molar-refractivity contribution in [1.82, 2.24) is 0 Å². The third kappa shape index (κ3) is 3.55. The molecule has 0 fully saturated rings. The molecule has 0 bridgehead atoms. The van der Waals surface area contributed by atoms with E-state index in [0.29, 0.717) is 10.6 Å². The van der Waals surface area contributed by atoms with Gasteiger partial charge in [0, 0.05) is 10.6 Å². The van der Waals surface area contributed by atoms with Crippen molar-refractivity contribution in [1.29, 1.82) is 0 Å². The fourth-order valence-electron chi connectivity index (χ4n) is 1.74. The lowest BCUT2D eigenvalue weighted by Crippen LogP contribution is -1.95. The Morgan fingerprint density at radius 3 is 2.32 bits per heavy atom. The highest BCUT2D eigenvalue weighted by Gasteiger charge is 2.03. The van der Waals surface area contributed by atoms with Crippen LogP contribution in [0.2, 0.25) is 5.02 Å². The molecule has 2 rings (SSSR count). The van der Waals surface area contributed by atoms with Crippen LogP contribution in [-0.2, 0) is 0 Å². The van der Waals surface area contributed by atoms with Gasteiger partial charge in [-0.05, 0) is 54.8 Å². The minimum Gasteiger partial charge on any atom is -0.289 e. The average Bonchev–Trinajstić information content (AvgIpc) is 2.41. The first-order valence-corrected chi connectivity index (χ1v) is 6.49. The van der Waals surface area contributed by atoms with E-state index in [1.807, 2.05) is 56.3 Å². The predicted molar refractivity (Wildman–Crippen MR) is 80.7 cm³/mol. The van der Waals surface area contributed by atoms with Gasteiger partial charge in [-0.25, -0.2) is 0 Å². The van der Waals surface area contributed by atoms with Gasteiger partial charge in [-0.15, -0.1) is 0 Å². The number of allylic oxidation sites excluding steroid dienone is 1. The third-order valence-electron chi connectivity index (χ3n) is 3.09. The van der Waals surface area contributed by atoms with Gasteiger partial charge in [-0.2, -0.15) is 0 Å². The first-order chi connectivity index (χ1) is 9.06. The molecule has 0 aliphatic heterocycles. The van der Waals surface area contributed by atoms with Gasteiger partial charge in [0.15, 0.2) is 5.78 Å². The molecule has 1 nitrogen and oxygen atoms in total. The van der Waals surface area contributed by atoms with Crippen molar-refractivity contribution in [2.24, 2.45) is 0 Å². The molecule has 0 unspecified atom stereocenters. The Hall–Kier alpha value is -1.86. The molecule has 0 aliphatic rings. The lowest BCUT2D eigenvalue weighted by molar-refractivity contribution is 0.104. The molecule has 0 aliphatic carbocycles. The summed E-state index contributed by atoms with van der Waals surface area (Å²) < 4.78 is 0. The van der Waals surface area contributed by atoms with Crippen LogP contribution < -0.4 is 0 Å². The molecule has 0 N–H and O–H groups in total. The maximum Gasteiger partial charge on any atom is 0.185 e. The van der Waals surface area contributed by atoms with Gasteiger partial charge < -0.3 is 0 Å². The van der Waals surface area contributed by atoms with E-state index < -0.39 is 0 Å². The molecule has 0 heterocycles. The van der Waals surface area contributed by atoms with Crippen molar-refractivity contribution >= 4 is 23.5 Å². The molecule has 19 heavy (non-hydrogen) atoms. The first-order valence-electron chi connectivity index (χ1n) is 6.11. The fourth-order valence-corrected chi connectivity index (χ4v) is 1.86. The molecule has 0 atom stereocenters. The van der Waals surface area contributed by atoms with Crippen molar-refractivity contribution in [2.45, 2.75) is 13.8 Å². The Morgan fingerprint density at radius 2 is 1.68 bits per heavy atom. The second-order valence-electron chi connectivity index (χ2n) is 4.55. The maximum absolute atomic E-state index is 12.0. The van der Waals surface area contributed by atoms with Gasteiger partial charge in [-0.3, -0.25) is 4.79 Å². The van der Waals surface area contributed by atoms with Crippen molar-refractivity contribution in [3.05, 3.63) is 75.8 Å². The van der Waals surface area contributed by atoms with Crippen LogP contribution in [-0.4, -0.2) is 5.78 Å². The summed E-state index contributed by atoms with van der Waals surface area (Å²) in [5.41, 5.74) is 4.00. The number of ketones is 1. The maximum atomic E-state index is 12.0. The Bertz CT molecular complexity index is 624. The number of aryl methyl sites for hydroxylation is 2. The van der Waals surface area contributed by atoms with E-state index in [4.69, 9.17) is 11.6 Å². The van der Waals surface area contributed by atoms with Gasteiger partial charge in [0.1, 0.15) is 0 Å². The summed E-state index contributed by atoms with van der Waals surface area (Å²) in [4.78, 5) is 12.0. The molecule has 0 saturated carbocycles. The van der Waals surface area contributed by atoms with Crippen LogP contribution in [0.5, 0.6) is 0 Å². The summed E-state index contributed by atoms with van der Waals surface area (Å²) in [6.07, 6.45) is 3.39. The third-order valence-corrected chi connectivity index (χ3v) is 3.34. The summed E-state index contributed by atoms with van der Waals surface area (Å²) in [5.74, 6) is 0.0121. The van der Waals surface area contributed by atoms with Crippen molar-refractivity contribution in [3.63, 3.8) is 0 Å². The second-order valence-corrected chi connectivity index (χ2v) is 4.98. The van der Waals surface area contributed by atoms with Crippen LogP contribution in [0, 0.1) is 13.8 Å². The van der Waals surface area contributed by atoms with E-state index in [0.717, 1.165) is 11.1 Å². The highest BCUT2D eigenvalue weighted by atomic mass is 35.5. The van der Waals surface area contributed by atoms with Crippen molar-refractivity contribution in [2.75, 3.05) is 0 Å². The van der Waals surface area contributed by atoms with Crippen LogP contribution in [0.15, 0.2) is 48.5 Å². The molecular formula is C17H15ClO. The molecule has 0 aromatic heterocycles. The number of hydrogen-bond donors (Lipinski definition) is 0. The Labute approximate surface area is 118 Å². The van der Waals surface area contributed by atoms with E-state index in [1.165, 1.54) is 5.56 Å². The highest BCUT2D eigenvalue weighted by molar-refractivity contribution is 6.30. The fraction of sp³-hybridized carbons (Fsp3) is 0.118. The van der Waals surface area contributed by atoms with Gasteiger partial charge in [-0.1, -0.05) is 41.9 Å². The van der Waals surface area contributed by atoms with Gasteiger partial charge in [0.2, 0.25) is 0 Å². The van der Waals surface area contributed by atoms with Crippen LogP contribution in [0.25, 0.3) is 6.08 Å². The smallest absolute Gasteiger partial charge is 0.185 e. The van der Waals surface area contributed by atoms with Gasteiger partial charge >= 0.3 is 0 Å². The summed E-state index contributed by atoms with van der Waals surface area (Å²) in [6.45, 7) is 4.04. The van der Waals surface area contributed by atoms with Crippen LogP contribution in [0.3, 0.4) is 0 Å². The SMILES string of the molecule is Cc1ccc(C(=O)C=Cc2ccc(Cl)cc2)cc1C. The summed E-state index contributed by atoms with van der Waals surface area (Å²) in [7, 11) is 0. The Kier molecular flexibility index (Phi) is 4.18. The van der Waals surface area contributed by atoms with Gasteiger partial charge in [0.25, 0.3) is 0 Å². The molecule has 96 valence electrons. The molecule has 2 aromatic carbocycles. The number of carbonyl (C=O) groups excluding carboxylic acids is 1. The van der Waals surface area contributed by atoms with E-state index in [-0.39, 0.29) is 5.78 Å². The van der Waals surface area contributed by atoms with Crippen molar-refractivity contribution in [3.8, 4) is 0 Å². The van der Waals surface area contributed by atoms with Crippen LogP contribution in [0.1, 0.15) is 27.0 Å². The lowest BCUT2D eigenvalue weighted by Gasteiger charge is -2.01. The van der Waals surface area contributed by atoms with E-state index >= 15 is 0 Å². The van der Waals surface area contributed by atoms with E-state index in [1.54, 1.807) is 12.2 Å². The van der Waals surface area contributed by atoms with Crippen LogP contribution >= 0.6 is 11.6 Å². The largest absolute Gasteiger partial charge is 0.289 e. The Balaban J connectivity index is 2.16. The Morgan fingerprint density at radius 1 is 1.00 bits per heavy atom. The molecule has 2 aromatic rings. The zero-order chi connectivity index (χ0) is 13.8. The zero-order valence-electron chi connectivity index (χ0n) is 11.0. The number of rotatable bonds is 3. The number of carbonyl (C=O) groups is 1. The minimum atomic E-state index is 0.0121. The quantitative estimate of drug-likeness (QED) is 0.575. The standard InChI is InChI=1S/C17H15ClO/c1-12-3-7-15(11-13(12)2)17(19)10-6-14-4-8-16(18)9-5-14/h3-11H,1-2H3. The van der Waals surface area contributed by atoms with Crippen molar-refractivity contribution < 1.29 is 4.79 Å². The normalized spacial score (nSPS) is 10.9. The summed E-state index contributed by atoms with van der Waals surface area (Å²) in [5, 5.41) is 0.692. The van der Waals surface area contributed by atoms with E-state index in [2.05, 4.69) is 0 Å². The monoisotopic (exact) mass is 270 g/mol. The molecule has 0 saturated heterocycles. The second kappa shape index (κ2) is 5.85. The molecule has 0 amide bonds. The van der Waals surface area contributed by atoms with Crippen LogP contribution in [0.4, 0.5) is 0 Å². The number of hydrogen-bond acceptors (Lipinski definition) is 1. The zero-order valence-corrected chi connectivity index (χ0v) is 11.7.